The highest BCUT2D eigenvalue weighted by molar-refractivity contribution is 7.18. The maximum absolute atomic E-state index is 12.6. The second-order valence-corrected chi connectivity index (χ2v) is 6.14. The highest BCUT2D eigenvalue weighted by Crippen LogP contribution is 2.33. The van der Waals surface area contributed by atoms with E-state index in [-0.39, 0.29) is 5.56 Å². The minimum atomic E-state index is -0.724. The van der Waals surface area contributed by atoms with Crippen molar-refractivity contribution in [3.63, 3.8) is 0 Å². The number of nitrogens with zero attached hydrogens (tertiary/aromatic N) is 3. The lowest BCUT2D eigenvalue weighted by Gasteiger charge is -2.13. The largest absolute Gasteiger partial charge is 0.368 e. The van der Waals surface area contributed by atoms with E-state index in [2.05, 4.69) is 10.3 Å². The minimum Gasteiger partial charge on any atom is -0.368 e. The number of nitrogens with two attached hydrogens (primary N) is 1. The number of carbonyl (C=O) groups is 1. The molecule has 106 valence electrons. The van der Waals surface area contributed by atoms with Crippen molar-refractivity contribution in [1.29, 1.82) is 0 Å². The van der Waals surface area contributed by atoms with Crippen LogP contribution in [0.5, 0.6) is 0 Å². The fourth-order valence-electron chi connectivity index (χ4n) is 2.78. The first-order valence-electron chi connectivity index (χ1n) is 6.82. The van der Waals surface area contributed by atoms with Crippen LogP contribution >= 0.6 is 11.3 Å². The number of hydrogen-bond acceptors (Lipinski definition) is 5. The van der Waals surface area contributed by atoms with Crippen LogP contribution in [-0.4, -0.2) is 20.9 Å². The van der Waals surface area contributed by atoms with E-state index in [9.17, 15) is 9.59 Å². The smallest absolute Gasteiger partial charge is 0.279 e. The lowest BCUT2D eigenvalue weighted by molar-refractivity contribution is -0.121. The number of aryl methyl sites for hydroxylation is 2. The van der Waals surface area contributed by atoms with Crippen LogP contribution in [0.2, 0.25) is 0 Å². The number of rotatable bonds is 3. The molecule has 1 aliphatic rings. The third-order valence-electron chi connectivity index (χ3n) is 3.82. The summed E-state index contributed by atoms with van der Waals surface area (Å²) in [4.78, 5) is 26.0. The van der Waals surface area contributed by atoms with Crippen LogP contribution in [0.1, 0.15) is 42.7 Å². The standard InChI is InChI=1S/C13H16N4O2S/c1-2-8(11(14)18)17-13(19)10-7-5-3-4-6-9(7)20-12(10)15-16-17/h8H,2-6H2,1H3,(H2,14,18). The number of carbonyl (C=O) groups excluding carboxylic acids is 1. The summed E-state index contributed by atoms with van der Waals surface area (Å²) in [7, 11) is 0. The molecule has 0 aliphatic heterocycles. The maximum Gasteiger partial charge on any atom is 0.279 e. The Labute approximate surface area is 119 Å². The van der Waals surface area contributed by atoms with Gasteiger partial charge in [-0.05, 0) is 37.7 Å². The van der Waals surface area contributed by atoms with Gasteiger partial charge in [-0.25, -0.2) is 0 Å². The minimum absolute atomic E-state index is 0.236. The fraction of sp³-hybridized carbons (Fsp3) is 0.538. The quantitative estimate of drug-likeness (QED) is 0.919. The van der Waals surface area contributed by atoms with Crippen molar-refractivity contribution in [2.24, 2.45) is 5.73 Å². The highest BCUT2D eigenvalue weighted by atomic mass is 32.1. The van der Waals surface area contributed by atoms with Gasteiger partial charge >= 0.3 is 0 Å². The molecule has 20 heavy (non-hydrogen) atoms. The topological polar surface area (TPSA) is 90.9 Å². The average Bonchev–Trinajstić information content (AvgIpc) is 2.81. The number of hydrogen-bond donors (Lipinski definition) is 1. The van der Waals surface area contributed by atoms with Gasteiger partial charge in [0.05, 0.1) is 5.39 Å². The van der Waals surface area contributed by atoms with E-state index in [1.807, 2.05) is 0 Å². The number of amides is 1. The molecule has 1 unspecified atom stereocenters. The molecule has 1 atom stereocenters. The van der Waals surface area contributed by atoms with E-state index >= 15 is 0 Å². The fourth-order valence-corrected chi connectivity index (χ4v) is 3.98. The van der Waals surface area contributed by atoms with Crippen molar-refractivity contribution in [2.75, 3.05) is 0 Å². The van der Waals surface area contributed by atoms with Crippen molar-refractivity contribution in [3.8, 4) is 0 Å². The summed E-state index contributed by atoms with van der Waals surface area (Å²) < 4.78 is 1.15. The molecule has 2 N–H and O–H groups in total. The monoisotopic (exact) mass is 292 g/mol. The second kappa shape index (κ2) is 4.97. The molecule has 0 radical (unpaired) electrons. The Morgan fingerprint density at radius 3 is 2.90 bits per heavy atom. The molecule has 0 fully saturated rings. The number of fused-ring (bicyclic) bond motifs is 3. The van der Waals surface area contributed by atoms with Gasteiger partial charge in [0.2, 0.25) is 5.91 Å². The first-order chi connectivity index (χ1) is 9.63. The summed E-state index contributed by atoms with van der Waals surface area (Å²) >= 11 is 1.55. The predicted molar refractivity (Wildman–Crippen MR) is 76.8 cm³/mol. The van der Waals surface area contributed by atoms with Gasteiger partial charge in [-0.2, -0.15) is 4.68 Å². The molecule has 2 heterocycles. The third kappa shape index (κ3) is 1.93. The zero-order valence-electron chi connectivity index (χ0n) is 11.3. The summed E-state index contributed by atoms with van der Waals surface area (Å²) in [5.74, 6) is -0.549. The van der Waals surface area contributed by atoms with Crippen LogP contribution in [0.3, 0.4) is 0 Å². The first-order valence-corrected chi connectivity index (χ1v) is 7.64. The van der Waals surface area contributed by atoms with E-state index in [4.69, 9.17) is 5.73 Å². The van der Waals surface area contributed by atoms with Crippen molar-refractivity contribution in [1.82, 2.24) is 15.0 Å². The van der Waals surface area contributed by atoms with Crippen molar-refractivity contribution in [3.05, 3.63) is 20.8 Å². The van der Waals surface area contributed by atoms with Crippen molar-refractivity contribution < 1.29 is 4.79 Å². The van der Waals surface area contributed by atoms with Crippen LogP contribution < -0.4 is 11.3 Å². The Balaban J connectivity index is 2.24. The molecule has 1 aliphatic carbocycles. The molecule has 2 aromatic rings. The van der Waals surface area contributed by atoms with Crippen LogP contribution in [-0.2, 0) is 17.6 Å². The Hall–Kier alpha value is -1.76. The van der Waals surface area contributed by atoms with Crippen LogP contribution in [0, 0.1) is 0 Å². The predicted octanol–water partition coefficient (Wildman–Crippen LogP) is 1.17. The molecular formula is C13H16N4O2S. The van der Waals surface area contributed by atoms with Crippen LogP contribution in [0.25, 0.3) is 10.2 Å². The van der Waals surface area contributed by atoms with Crippen molar-refractivity contribution >= 4 is 27.5 Å². The highest BCUT2D eigenvalue weighted by Gasteiger charge is 2.24. The molecular weight excluding hydrogens is 276 g/mol. The zero-order chi connectivity index (χ0) is 14.3. The molecule has 1 amide bonds. The number of aromatic nitrogens is 3. The van der Waals surface area contributed by atoms with Crippen LogP contribution in [0.15, 0.2) is 4.79 Å². The molecule has 3 rings (SSSR count). The molecule has 0 bridgehead atoms. The summed E-state index contributed by atoms with van der Waals surface area (Å²) in [5.41, 5.74) is 6.21. The molecule has 0 saturated heterocycles. The molecule has 7 heteroatoms. The molecule has 6 nitrogen and oxygen atoms in total. The van der Waals surface area contributed by atoms with Gasteiger partial charge in [0.25, 0.3) is 5.56 Å². The van der Waals surface area contributed by atoms with E-state index in [1.165, 1.54) is 4.88 Å². The lowest BCUT2D eigenvalue weighted by atomic mass is 9.97. The second-order valence-electron chi connectivity index (χ2n) is 5.06. The zero-order valence-corrected chi connectivity index (χ0v) is 12.1. The van der Waals surface area contributed by atoms with Gasteiger partial charge in [0, 0.05) is 4.88 Å². The molecule has 0 spiro atoms. The van der Waals surface area contributed by atoms with Gasteiger partial charge < -0.3 is 5.73 Å². The Morgan fingerprint density at radius 2 is 2.20 bits per heavy atom. The van der Waals surface area contributed by atoms with E-state index in [0.29, 0.717) is 16.6 Å². The van der Waals surface area contributed by atoms with Gasteiger partial charge in [-0.15, -0.1) is 16.4 Å². The van der Waals surface area contributed by atoms with Gasteiger partial charge in [0.15, 0.2) is 4.83 Å². The lowest BCUT2D eigenvalue weighted by Crippen LogP contribution is -2.36. The summed E-state index contributed by atoms with van der Waals surface area (Å²) in [6.07, 6.45) is 4.59. The molecule has 0 aromatic carbocycles. The number of primary amides is 1. The normalized spacial score (nSPS) is 16.1. The molecule has 0 saturated carbocycles. The first kappa shape index (κ1) is 13.2. The Bertz CT molecular complexity index is 734. The summed E-state index contributed by atoms with van der Waals surface area (Å²) in [6.45, 7) is 1.80. The maximum atomic E-state index is 12.6. The number of thiophene rings is 1. The Kier molecular flexibility index (Phi) is 3.29. The van der Waals surface area contributed by atoms with E-state index in [0.717, 1.165) is 35.9 Å². The van der Waals surface area contributed by atoms with Gasteiger partial charge in [0.1, 0.15) is 6.04 Å². The van der Waals surface area contributed by atoms with Crippen LogP contribution in [0.4, 0.5) is 0 Å². The molecule has 2 aromatic heterocycles. The van der Waals surface area contributed by atoms with Crippen molar-refractivity contribution in [2.45, 2.75) is 45.1 Å². The van der Waals surface area contributed by atoms with E-state index < -0.39 is 11.9 Å². The van der Waals surface area contributed by atoms with E-state index in [1.54, 1.807) is 18.3 Å². The SMILES string of the molecule is CCC(C(N)=O)n1nnc2sc3c(c2c1=O)CCCC3. The summed E-state index contributed by atoms with van der Waals surface area (Å²) in [6, 6.07) is -0.724. The van der Waals surface area contributed by atoms with Gasteiger partial charge in [-0.3, -0.25) is 9.59 Å². The third-order valence-corrected chi connectivity index (χ3v) is 4.99. The summed E-state index contributed by atoms with van der Waals surface area (Å²) in [5, 5.41) is 8.67. The average molecular weight is 292 g/mol. The van der Waals surface area contributed by atoms with Gasteiger partial charge in [-0.1, -0.05) is 12.1 Å². The Morgan fingerprint density at radius 1 is 1.45 bits per heavy atom.